The van der Waals surface area contributed by atoms with Crippen LogP contribution < -0.4 is 0 Å². The van der Waals surface area contributed by atoms with Crippen LogP contribution in [0.1, 0.15) is 28.8 Å². The van der Waals surface area contributed by atoms with Gasteiger partial charge >= 0.3 is 0 Å². The predicted molar refractivity (Wildman–Crippen MR) is 78.7 cm³/mol. The Bertz CT molecular complexity index is 591. The van der Waals surface area contributed by atoms with Crippen LogP contribution >= 0.6 is 0 Å². The molecule has 0 spiro atoms. The Morgan fingerprint density at radius 2 is 2.29 bits per heavy atom. The summed E-state index contributed by atoms with van der Waals surface area (Å²) in [5.74, 6) is 5.39. The Labute approximate surface area is 124 Å². The number of hydrogen-bond donors (Lipinski definition) is 1. The van der Waals surface area contributed by atoms with Gasteiger partial charge < -0.3 is 10.0 Å². The highest BCUT2D eigenvalue weighted by Crippen LogP contribution is 2.22. The standard InChI is InChI=1S/C16H19N3O2/c20-8-2-3-13-9-14(11-17-10-13)16(21)19-7-6-18-5-1-4-15(18)12-19/h9-11,15,20H,1,4-8,12H2. The molecule has 2 fully saturated rings. The molecule has 21 heavy (non-hydrogen) atoms. The van der Waals surface area contributed by atoms with E-state index >= 15 is 0 Å². The van der Waals surface area contributed by atoms with E-state index in [4.69, 9.17) is 5.11 Å². The molecule has 110 valence electrons. The van der Waals surface area contributed by atoms with Crippen molar-refractivity contribution >= 4 is 5.91 Å². The zero-order valence-electron chi connectivity index (χ0n) is 12.0. The summed E-state index contributed by atoms with van der Waals surface area (Å²) in [5, 5.41) is 8.72. The molecule has 1 aromatic rings. The molecule has 2 saturated heterocycles. The third-order valence-electron chi connectivity index (χ3n) is 4.17. The number of amides is 1. The molecule has 3 heterocycles. The van der Waals surface area contributed by atoms with Gasteiger partial charge in [-0.25, -0.2) is 0 Å². The van der Waals surface area contributed by atoms with E-state index in [1.807, 2.05) is 4.90 Å². The van der Waals surface area contributed by atoms with E-state index in [9.17, 15) is 4.79 Å². The summed E-state index contributed by atoms with van der Waals surface area (Å²) in [6, 6.07) is 2.27. The summed E-state index contributed by atoms with van der Waals surface area (Å²) >= 11 is 0. The fraction of sp³-hybridized carbons (Fsp3) is 0.500. The Balaban J connectivity index is 1.73. The van der Waals surface area contributed by atoms with E-state index in [0.29, 0.717) is 17.2 Å². The quantitative estimate of drug-likeness (QED) is 0.756. The van der Waals surface area contributed by atoms with Gasteiger partial charge in [-0.05, 0) is 25.5 Å². The van der Waals surface area contributed by atoms with Crippen LogP contribution in [0.4, 0.5) is 0 Å². The topological polar surface area (TPSA) is 56.7 Å². The SMILES string of the molecule is O=C(c1cncc(C#CCO)c1)N1CCN2CCCC2C1. The number of aliphatic hydroxyl groups excluding tert-OH is 1. The first-order valence-corrected chi connectivity index (χ1v) is 7.36. The maximum Gasteiger partial charge on any atom is 0.255 e. The minimum Gasteiger partial charge on any atom is -0.384 e. The molecule has 1 atom stereocenters. The van der Waals surface area contributed by atoms with E-state index in [0.717, 1.165) is 19.6 Å². The lowest BCUT2D eigenvalue weighted by Gasteiger charge is -2.37. The Morgan fingerprint density at radius 1 is 1.38 bits per heavy atom. The average molecular weight is 285 g/mol. The van der Waals surface area contributed by atoms with E-state index in [-0.39, 0.29) is 12.5 Å². The van der Waals surface area contributed by atoms with Crippen molar-refractivity contribution in [3.05, 3.63) is 29.6 Å². The van der Waals surface area contributed by atoms with Crippen molar-refractivity contribution in [2.24, 2.45) is 0 Å². The highest BCUT2D eigenvalue weighted by atomic mass is 16.2. The predicted octanol–water partition coefficient (Wildman–Crippen LogP) is 0.346. The van der Waals surface area contributed by atoms with Crippen molar-refractivity contribution in [1.29, 1.82) is 0 Å². The molecule has 1 aromatic heterocycles. The first kappa shape index (κ1) is 14.1. The van der Waals surface area contributed by atoms with Gasteiger partial charge in [-0.3, -0.25) is 14.7 Å². The molecule has 0 saturated carbocycles. The lowest BCUT2D eigenvalue weighted by molar-refractivity contribution is 0.0571. The molecule has 2 aliphatic heterocycles. The number of pyridine rings is 1. The van der Waals surface area contributed by atoms with Gasteiger partial charge in [0.2, 0.25) is 0 Å². The lowest BCUT2D eigenvalue weighted by atomic mass is 10.1. The number of carbonyl (C=O) groups excluding carboxylic acids is 1. The summed E-state index contributed by atoms with van der Waals surface area (Å²) in [6.07, 6.45) is 5.62. The van der Waals surface area contributed by atoms with Crippen molar-refractivity contribution in [3.63, 3.8) is 0 Å². The molecule has 1 unspecified atom stereocenters. The monoisotopic (exact) mass is 285 g/mol. The molecule has 2 aliphatic rings. The first-order valence-electron chi connectivity index (χ1n) is 7.36. The van der Waals surface area contributed by atoms with Gasteiger partial charge in [0.05, 0.1) is 5.56 Å². The van der Waals surface area contributed by atoms with Gasteiger partial charge in [0.15, 0.2) is 0 Å². The first-order chi connectivity index (χ1) is 10.3. The summed E-state index contributed by atoms with van der Waals surface area (Å²) in [7, 11) is 0. The van der Waals surface area contributed by atoms with Gasteiger partial charge in [-0.1, -0.05) is 11.8 Å². The number of rotatable bonds is 1. The van der Waals surface area contributed by atoms with Crippen LogP contribution in [0.15, 0.2) is 18.5 Å². The Hall–Kier alpha value is -1.90. The highest BCUT2D eigenvalue weighted by Gasteiger charge is 2.32. The van der Waals surface area contributed by atoms with Crippen molar-refractivity contribution in [2.75, 3.05) is 32.8 Å². The zero-order valence-corrected chi connectivity index (χ0v) is 12.0. The summed E-state index contributed by atoms with van der Waals surface area (Å²) < 4.78 is 0. The highest BCUT2D eigenvalue weighted by molar-refractivity contribution is 5.94. The minimum absolute atomic E-state index is 0.0294. The maximum atomic E-state index is 12.6. The van der Waals surface area contributed by atoms with Crippen LogP contribution in [0.3, 0.4) is 0 Å². The number of carbonyl (C=O) groups is 1. The zero-order chi connectivity index (χ0) is 14.7. The summed E-state index contributed by atoms with van der Waals surface area (Å²) in [5.41, 5.74) is 1.24. The third-order valence-corrected chi connectivity index (χ3v) is 4.17. The van der Waals surface area contributed by atoms with Crippen LogP contribution in [0.5, 0.6) is 0 Å². The Morgan fingerprint density at radius 3 is 3.14 bits per heavy atom. The van der Waals surface area contributed by atoms with Gasteiger partial charge in [0.1, 0.15) is 6.61 Å². The number of fused-ring (bicyclic) bond motifs is 1. The summed E-state index contributed by atoms with van der Waals surface area (Å²) in [6.45, 7) is 3.53. The number of hydrogen-bond acceptors (Lipinski definition) is 4. The summed E-state index contributed by atoms with van der Waals surface area (Å²) in [4.78, 5) is 21.1. The second-order valence-corrected chi connectivity index (χ2v) is 5.51. The van der Waals surface area contributed by atoms with Crippen LogP contribution in [-0.2, 0) is 0 Å². The second-order valence-electron chi connectivity index (χ2n) is 5.51. The van der Waals surface area contributed by atoms with E-state index in [1.165, 1.54) is 19.4 Å². The van der Waals surface area contributed by atoms with Gasteiger partial charge in [-0.15, -0.1) is 0 Å². The molecule has 0 radical (unpaired) electrons. The molecule has 1 amide bonds. The Kier molecular flexibility index (Phi) is 4.18. The number of nitrogens with zero attached hydrogens (tertiary/aromatic N) is 3. The molecular formula is C16H19N3O2. The van der Waals surface area contributed by atoms with E-state index in [2.05, 4.69) is 21.7 Å². The smallest absolute Gasteiger partial charge is 0.255 e. The number of aliphatic hydroxyl groups is 1. The molecule has 5 nitrogen and oxygen atoms in total. The number of piperazine rings is 1. The maximum absolute atomic E-state index is 12.6. The molecule has 0 aromatic carbocycles. The van der Waals surface area contributed by atoms with Crippen LogP contribution in [-0.4, -0.2) is 64.6 Å². The van der Waals surface area contributed by atoms with Crippen LogP contribution in [0.2, 0.25) is 0 Å². The van der Waals surface area contributed by atoms with Gasteiger partial charge in [0, 0.05) is 43.6 Å². The molecular weight excluding hydrogens is 266 g/mol. The van der Waals surface area contributed by atoms with Gasteiger partial charge in [-0.2, -0.15) is 0 Å². The fourth-order valence-corrected chi connectivity index (χ4v) is 3.12. The van der Waals surface area contributed by atoms with Crippen molar-refractivity contribution in [2.45, 2.75) is 18.9 Å². The largest absolute Gasteiger partial charge is 0.384 e. The minimum atomic E-state index is -0.193. The van der Waals surface area contributed by atoms with Gasteiger partial charge in [0.25, 0.3) is 5.91 Å². The van der Waals surface area contributed by atoms with Crippen molar-refractivity contribution in [1.82, 2.24) is 14.8 Å². The van der Waals surface area contributed by atoms with E-state index in [1.54, 1.807) is 18.5 Å². The molecule has 5 heteroatoms. The van der Waals surface area contributed by atoms with Crippen LogP contribution in [0.25, 0.3) is 0 Å². The molecule has 1 N–H and O–H groups in total. The average Bonchev–Trinajstić information content (AvgIpc) is 3.00. The normalized spacial score (nSPS) is 21.6. The van der Waals surface area contributed by atoms with E-state index < -0.39 is 0 Å². The molecule has 0 aliphatic carbocycles. The van der Waals surface area contributed by atoms with Crippen LogP contribution in [0, 0.1) is 11.8 Å². The number of aromatic nitrogens is 1. The van der Waals surface area contributed by atoms with Crippen molar-refractivity contribution < 1.29 is 9.90 Å². The third kappa shape index (κ3) is 3.07. The lowest BCUT2D eigenvalue weighted by Crippen LogP contribution is -2.52. The second kappa shape index (κ2) is 6.25. The molecule has 3 rings (SSSR count). The van der Waals surface area contributed by atoms with Crippen molar-refractivity contribution in [3.8, 4) is 11.8 Å². The fourth-order valence-electron chi connectivity index (χ4n) is 3.12. The molecule has 0 bridgehead atoms.